The number of nitrogens with zero attached hydrogens (tertiary/aromatic N) is 2. The Kier molecular flexibility index (Phi) is 5.08. The van der Waals surface area contributed by atoms with Crippen molar-refractivity contribution in [1.82, 2.24) is 15.5 Å². The molecule has 1 amide bonds. The fourth-order valence-electron chi connectivity index (χ4n) is 2.07. The lowest BCUT2D eigenvalue weighted by Crippen LogP contribution is -2.44. The first-order valence-electron chi connectivity index (χ1n) is 6.62. The van der Waals surface area contributed by atoms with Gasteiger partial charge in [0.2, 0.25) is 0 Å². The maximum Gasteiger partial charge on any atom is 0.433 e. The monoisotopic (exact) mass is 282 g/mol. The minimum Gasteiger partial charge on any atom is -0.395 e. The van der Waals surface area contributed by atoms with Crippen molar-refractivity contribution in [1.29, 1.82) is 0 Å². The predicted molar refractivity (Wildman–Crippen MR) is 71.6 cm³/mol. The van der Waals surface area contributed by atoms with Crippen molar-refractivity contribution in [2.24, 2.45) is 0 Å². The molecule has 1 saturated heterocycles. The van der Waals surface area contributed by atoms with E-state index in [1.54, 1.807) is 0 Å². The summed E-state index contributed by atoms with van der Waals surface area (Å²) in [6.45, 7) is 5.51. The Morgan fingerprint density at radius 1 is 1.45 bits per heavy atom. The van der Waals surface area contributed by atoms with E-state index in [2.05, 4.69) is 15.5 Å². The van der Waals surface area contributed by atoms with E-state index in [1.807, 2.05) is 0 Å². The van der Waals surface area contributed by atoms with Crippen LogP contribution in [0, 0.1) is 10.1 Å². The molecule has 110 valence electrons. The van der Waals surface area contributed by atoms with Crippen LogP contribution < -0.4 is 10.6 Å². The quantitative estimate of drug-likeness (QED) is 0.439. The van der Waals surface area contributed by atoms with E-state index in [9.17, 15) is 14.9 Å². The lowest BCUT2D eigenvalue weighted by atomic mass is 10.3. The zero-order valence-electron chi connectivity index (χ0n) is 11.1. The fraction of sp³-hybridized carbons (Fsp3) is 0.583. The second-order valence-corrected chi connectivity index (χ2v) is 4.60. The van der Waals surface area contributed by atoms with Crippen molar-refractivity contribution in [3.05, 3.63) is 28.0 Å². The molecule has 8 nitrogen and oxygen atoms in total. The van der Waals surface area contributed by atoms with Gasteiger partial charge in [-0.05, 0) is 19.0 Å². The second kappa shape index (κ2) is 7.01. The molecule has 0 atom stereocenters. The summed E-state index contributed by atoms with van der Waals surface area (Å²) in [6, 6.07) is 2.49. The van der Waals surface area contributed by atoms with Gasteiger partial charge >= 0.3 is 5.88 Å². The zero-order valence-corrected chi connectivity index (χ0v) is 11.1. The van der Waals surface area contributed by atoms with Crippen LogP contribution in [0.1, 0.15) is 17.0 Å². The first-order valence-corrected chi connectivity index (χ1v) is 6.62. The number of nitrogens with one attached hydrogen (secondary N) is 2. The largest absolute Gasteiger partial charge is 0.433 e. The molecule has 0 aromatic carbocycles. The van der Waals surface area contributed by atoms with Crippen LogP contribution in [0.4, 0.5) is 5.88 Å². The van der Waals surface area contributed by atoms with E-state index in [0.29, 0.717) is 6.54 Å². The van der Waals surface area contributed by atoms with Gasteiger partial charge in [-0.1, -0.05) is 0 Å². The Bertz CT molecular complexity index is 468. The van der Waals surface area contributed by atoms with Gasteiger partial charge in [-0.15, -0.1) is 0 Å². The van der Waals surface area contributed by atoms with Crippen molar-refractivity contribution in [3.63, 3.8) is 0 Å². The lowest BCUT2D eigenvalue weighted by molar-refractivity contribution is -0.402. The maximum atomic E-state index is 11.7. The van der Waals surface area contributed by atoms with Gasteiger partial charge in [-0.3, -0.25) is 14.9 Å². The van der Waals surface area contributed by atoms with Gasteiger partial charge in [0.15, 0.2) is 5.76 Å². The molecule has 1 aliphatic rings. The number of hydrogen-bond donors (Lipinski definition) is 2. The molecular weight excluding hydrogens is 264 g/mol. The lowest BCUT2D eigenvalue weighted by Gasteiger charge is -2.26. The van der Waals surface area contributed by atoms with Gasteiger partial charge < -0.3 is 20.0 Å². The van der Waals surface area contributed by atoms with E-state index in [-0.39, 0.29) is 5.76 Å². The van der Waals surface area contributed by atoms with Gasteiger partial charge in [0.1, 0.15) is 4.92 Å². The van der Waals surface area contributed by atoms with Crippen LogP contribution in [0.5, 0.6) is 0 Å². The number of hydrogen-bond acceptors (Lipinski definition) is 6. The van der Waals surface area contributed by atoms with Gasteiger partial charge in [0.25, 0.3) is 5.91 Å². The van der Waals surface area contributed by atoms with Crippen molar-refractivity contribution >= 4 is 11.8 Å². The zero-order chi connectivity index (χ0) is 14.4. The Morgan fingerprint density at radius 2 is 2.20 bits per heavy atom. The molecule has 0 aliphatic carbocycles. The molecule has 1 aromatic rings. The highest BCUT2D eigenvalue weighted by Crippen LogP contribution is 2.15. The highest BCUT2D eigenvalue weighted by molar-refractivity contribution is 5.91. The topological polar surface area (TPSA) is 101 Å². The molecule has 0 radical (unpaired) electrons. The first-order chi connectivity index (χ1) is 9.66. The molecule has 1 aromatic heterocycles. The van der Waals surface area contributed by atoms with Crippen LogP contribution in [-0.2, 0) is 0 Å². The third-order valence-electron chi connectivity index (χ3n) is 3.14. The molecule has 20 heavy (non-hydrogen) atoms. The molecule has 0 bridgehead atoms. The molecule has 2 N–H and O–H groups in total. The summed E-state index contributed by atoms with van der Waals surface area (Å²) in [4.78, 5) is 23.8. The normalized spacial score (nSPS) is 16.0. The molecule has 1 fully saturated rings. The molecule has 1 aliphatic heterocycles. The van der Waals surface area contributed by atoms with E-state index in [4.69, 9.17) is 4.42 Å². The first kappa shape index (κ1) is 14.5. The highest BCUT2D eigenvalue weighted by Gasteiger charge is 2.16. The number of carbonyl (C=O) groups is 1. The van der Waals surface area contributed by atoms with E-state index in [1.165, 1.54) is 12.1 Å². The molecular formula is C12H18N4O4. The van der Waals surface area contributed by atoms with Crippen molar-refractivity contribution in [2.45, 2.75) is 6.42 Å². The average Bonchev–Trinajstić information content (AvgIpc) is 2.94. The average molecular weight is 282 g/mol. The van der Waals surface area contributed by atoms with E-state index >= 15 is 0 Å². The molecule has 2 rings (SSSR count). The van der Waals surface area contributed by atoms with Gasteiger partial charge in [0, 0.05) is 32.7 Å². The number of carbonyl (C=O) groups excluding carboxylic acids is 1. The smallest absolute Gasteiger partial charge is 0.395 e. The van der Waals surface area contributed by atoms with Crippen molar-refractivity contribution in [3.8, 4) is 0 Å². The Hall–Kier alpha value is -1.93. The van der Waals surface area contributed by atoms with Crippen molar-refractivity contribution in [2.75, 3.05) is 39.3 Å². The van der Waals surface area contributed by atoms with Crippen LogP contribution in [0.15, 0.2) is 16.5 Å². The molecule has 2 heterocycles. The number of nitro groups is 1. The maximum absolute atomic E-state index is 11.7. The molecule has 0 saturated carbocycles. The van der Waals surface area contributed by atoms with Gasteiger partial charge in [0.05, 0.1) is 6.07 Å². The van der Waals surface area contributed by atoms with Gasteiger partial charge in [-0.2, -0.15) is 0 Å². The minimum atomic E-state index is -0.666. The summed E-state index contributed by atoms with van der Waals surface area (Å²) < 4.78 is 4.82. The van der Waals surface area contributed by atoms with Crippen LogP contribution >= 0.6 is 0 Å². The van der Waals surface area contributed by atoms with E-state index < -0.39 is 16.7 Å². The molecule has 0 spiro atoms. The highest BCUT2D eigenvalue weighted by atomic mass is 16.6. The summed E-state index contributed by atoms with van der Waals surface area (Å²) in [5.74, 6) is -0.867. The summed E-state index contributed by atoms with van der Waals surface area (Å²) >= 11 is 0. The van der Waals surface area contributed by atoms with Crippen LogP contribution in [-0.4, -0.2) is 55.0 Å². The minimum absolute atomic E-state index is 0.0288. The summed E-state index contributed by atoms with van der Waals surface area (Å²) in [5, 5.41) is 16.4. The number of amides is 1. The molecule has 8 heteroatoms. The van der Waals surface area contributed by atoms with Crippen LogP contribution in [0.25, 0.3) is 0 Å². The summed E-state index contributed by atoms with van der Waals surface area (Å²) in [6.07, 6.45) is 0.842. The Morgan fingerprint density at radius 3 is 2.85 bits per heavy atom. The summed E-state index contributed by atoms with van der Waals surface area (Å²) in [7, 11) is 0. The second-order valence-electron chi connectivity index (χ2n) is 4.60. The number of piperazine rings is 1. The Balaban J connectivity index is 1.67. The standard InChI is InChI=1S/C12H18N4O4/c17-12(10-2-3-11(20-10)16(18)19)14-4-1-7-15-8-5-13-6-9-15/h2-3,13H,1,4-9H2,(H,14,17). The van der Waals surface area contributed by atoms with Crippen molar-refractivity contribution < 1.29 is 14.1 Å². The third kappa shape index (κ3) is 4.04. The Labute approximate surface area is 116 Å². The number of rotatable bonds is 6. The molecule has 0 unspecified atom stereocenters. The van der Waals surface area contributed by atoms with Crippen LogP contribution in [0.3, 0.4) is 0 Å². The number of furan rings is 1. The third-order valence-corrected chi connectivity index (χ3v) is 3.14. The summed E-state index contributed by atoms with van der Waals surface area (Å²) in [5.41, 5.74) is 0. The fourth-order valence-corrected chi connectivity index (χ4v) is 2.07. The van der Waals surface area contributed by atoms with E-state index in [0.717, 1.165) is 39.1 Å². The van der Waals surface area contributed by atoms with Crippen LogP contribution in [0.2, 0.25) is 0 Å². The van der Waals surface area contributed by atoms with Gasteiger partial charge in [-0.25, -0.2) is 0 Å². The SMILES string of the molecule is O=C(NCCCN1CCNCC1)c1ccc([N+](=O)[O-])o1. The predicted octanol–water partition coefficient (Wildman–Crippen LogP) is 0.213.